The molecule has 1 saturated heterocycles. The highest BCUT2D eigenvalue weighted by Gasteiger charge is 2.71. The van der Waals surface area contributed by atoms with E-state index in [2.05, 4.69) is 15.4 Å². The van der Waals surface area contributed by atoms with E-state index in [0.29, 0.717) is 6.54 Å². The highest BCUT2D eigenvalue weighted by Crippen LogP contribution is 2.55. The van der Waals surface area contributed by atoms with Crippen LogP contribution in [0.1, 0.15) is 29.0 Å². The zero-order chi connectivity index (χ0) is 19.2. The molecule has 0 spiro atoms. The van der Waals surface area contributed by atoms with Crippen LogP contribution >= 0.6 is 0 Å². The Bertz CT molecular complexity index is 870. The van der Waals surface area contributed by atoms with Crippen LogP contribution in [0.4, 0.5) is 8.78 Å². The smallest absolute Gasteiger partial charge is 0.291 e. The molecule has 1 aliphatic heterocycles. The van der Waals surface area contributed by atoms with Crippen LogP contribution in [0.5, 0.6) is 0 Å². The van der Waals surface area contributed by atoms with Crippen molar-refractivity contribution in [2.24, 2.45) is 5.92 Å². The van der Waals surface area contributed by atoms with Crippen molar-refractivity contribution in [3.05, 3.63) is 48.0 Å². The van der Waals surface area contributed by atoms with Crippen LogP contribution in [0.25, 0.3) is 0 Å². The average molecular weight is 375 g/mol. The number of carbonyl (C=O) groups is 2. The second kappa shape index (κ2) is 6.40. The van der Waals surface area contributed by atoms with Crippen molar-refractivity contribution in [2.45, 2.75) is 37.4 Å². The number of rotatable bonds is 4. The third-order valence-electron chi connectivity index (χ3n) is 5.22. The fraction of sp³-hybridized carbons (Fsp3) is 0.444. The second-order valence-electron chi connectivity index (χ2n) is 7.03. The standard InChI is InChI=1S/C18H19F2N5O2/c1-24-14-12(18(14,19)20)7-8-13(17(24)27)22-16(26)15-21-10-25(23-15)9-11-5-3-2-4-6-11/h2-6,10,12-14H,7-9H2,1H3,(H,22,26)/t12-,13+,14+/m1/s1. The van der Waals surface area contributed by atoms with Crippen LogP contribution in [0, 0.1) is 5.92 Å². The number of likely N-dealkylation sites (tertiary alicyclic amines) is 1. The molecule has 4 rings (SSSR count). The molecule has 1 aromatic heterocycles. The van der Waals surface area contributed by atoms with Gasteiger partial charge in [-0.2, -0.15) is 0 Å². The lowest BCUT2D eigenvalue weighted by atomic mass is 10.1. The molecule has 1 aliphatic carbocycles. The first kappa shape index (κ1) is 17.6. The van der Waals surface area contributed by atoms with Gasteiger partial charge in [0.2, 0.25) is 11.7 Å². The zero-order valence-corrected chi connectivity index (χ0v) is 14.7. The fourth-order valence-corrected chi connectivity index (χ4v) is 3.71. The largest absolute Gasteiger partial charge is 0.337 e. The lowest BCUT2D eigenvalue weighted by Gasteiger charge is -2.22. The van der Waals surface area contributed by atoms with Crippen LogP contribution in [0.3, 0.4) is 0 Å². The summed E-state index contributed by atoms with van der Waals surface area (Å²) in [5.41, 5.74) is 1.01. The molecule has 0 bridgehead atoms. The van der Waals surface area contributed by atoms with E-state index in [-0.39, 0.29) is 18.7 Å². The number of hydrogen-bond acceptors (Lipinski definition) is 4. The summed E-state index contributed by atoms with van der Waals surface area (Å²) in [5.74, 6) is -4.79. The Hall–Kier alpha value is -2.84. The number of nitrogens with one attached hydrogen (secondary N) is 1. The topological polar surface area (TPSA) is 80.1 Å². The SMILES string of the molecule is CN1C(=O)[C@@H](NC(=O)c2ncn(Cc3ccccc3)n2)CC[C@@H]2[C@H]1C2(F)F. The van der Waals surface area contributed by atoms with Gasteiger partial charge < -0.3 is 10.2 Å². The third-order valence-corrected chi connectivity index (χ3v) is 5.22. The third kappa shape index (κ3) is 3.17. The van der Waals surface area contributed by atoms with Gasteiger partial charge in [0, 0.05) is 7.05 Å². The highest BCUT2D eigenvalue weighted by atomic mass is 19.3. The van der Waals surface area contributed by atoms with E-state index in [0.717, 1.165) is 10.5 Å². The van der Waals surface area contributed by atoms with Crippen molar-refractivity contribution < 1.29 is 18.4 Å². The lowest BCUT2D eigenvalue weighted by molar-refractivity contribution is -0.133. The van der Waals surface area contributed by atoms with E-state index in [1.165, 1.54) is 18.1 Å². The predicted octanol–water partition coefficient (Wildman–Crippen LogP) is 1.31. The van der Waals surface area contributed by atoms with Gasteiger partial charge in [0.15, 0.2) is 0 Å². The second-order valence-corrected chi connectivity index (χ2v) is 7.03. The molecule has 2 amide bonds. The Balaban J connectivity index is 1.40. The van der Waals surface area contributed by atoms with Crippen molar-refractivity contribution in [2.75, 3.05) is 7.05 Å². The van der Waals surface area contributed by atoms with Gasteiger partial charge >= 0.3 is 0 Å². The van der Waals surface area contributed by atoms with E-state index in [4.69, 9.17) is 0 Å². The minimum atomic E-state index is -2.82. The van der Waals surface area contributed by atoms with Crippen LogP contribution in [0.2, 0.25) is 0 Å². The molecule has 7 nitrogen and oxygen atoms in total. The Morgan fingerprint density at radius 2 is 2.04 bits per heavy atom. The van der Waals surface area contributed by atoms with Gasteiger partial charge in [-0.1, -0.05) is 30.3 Å². The van der Waals surface area contributed by atoms with Gasteiger partial charge in [-0.15, -0.1) is 5.10 Å². The Kier molecular flexibility index (Phi) is 4.16. The van der Waals surface area contributed by atoms with Crippen molar-refractivity contribution in [3.63, 3.8) is 0 Å². The van der Waals surface area contributed by atoms with Crippen LogP contribution < -0.4 is 5.32 Å². The summed E-state index contributed by atoms with van der Waals surface area (Å²) in [7, 11) is 1.36. The van der Waals surface area contributed by atoms with Gasteiger partial charge in [0.25, 0.3) is 11.8 Å². The molecule has 2 fully saturated rings. The average Bonchev–Trinajstić information content (AvgIpc) is 2.99. The first-order chi connectivity index (χ1) is 12.9. The summed E-state index contributed by atoms with van der Waals surface area (Å²) in [4.78, 5) is 29.9. The fourth-order valence-electron chi connectivity index (χ4n) is 3.71. The van der Waals surface area contributed by atoms with E-state index in [1.54, 1.807) is 0 Å². The normalized spacial score (nSPS) is 26.3. The van der Waals surface area contributed by atoms with Gasteiger partial charge in [-0.25, -0.2) is 18.4 Å². The molecule has 2 aromatic rings. The summed E-state index contributed by atoms with van der Waals surface area (Å²) >= 11 is 0. The lowest BCUT2D eigenvalue weighted by Crippen LogP contribution is -2.48. The molecule has 1 aromatic carbocycles. The minimum Gasteiger partial charge on any atom is -0.337 e. The summed E-state index contributed by atoms with van der Waals surface area (Å²) in [6.07, 6.45) is 1.81. The van der Waals surface area contributed by atoms with E-state index in [1.807, 2.05) is 30.3 Å². The molecule has 27 heavy (non-hydrogen) atoms. The minimum absolute atomic E-state index is 0.0545. The number of amides is 2. The maximum absolute atomic E-state index is 13.6. The summed E-state index contributed by atoms with van der Waals surface area (Å²) in [5, 5.41) is 6.72. The monoisotopic (exact) mass is 375 g/mol. The Morgan fingerprint density at radius 3 is 2.78 bits per heavy atom. The van der Waals surface area contributed by atoms with Crippen molar-refractivity contribution in [1.29, 1.82) is 0 Å². The van der Waals surface area contributed by atoms with E-state index >= 15 is 0 Å². The summed E-state index contributed by atoms with van der Waals surface area (Å²) < 4.78 is 28.8. The number of likely N-dealkylation sites (N-methyl/N-ethyl adjacent to an activating group) is 1. The number of halogens is 2. The van der Waals surface area contributed by atoms with Gasteiger partial charge in [0.05, 0.1) is 12.5 Å². The highest BCUT2D eigenvalue weighted by molar-refractivity contribution is 5.95. The first-order valence-corrected chi connectivity index (χ1v) is 8.76. The maximum atomic E-state index is 13.6. The molecular weight excluding hydrogens is 356 g/mol. The Labute approximate surface area is 154 Å². The van der Waals surface area contributed by atoms with Gasteiger partial charge in [-0.05, 0) is 18.4 Å². The number of aromatic nitrogens is 3. The zero-order valence-electron chi connectivity index (χ0n) is 14.7. The number of benzene rings is 1. The van der Waals surface area contributed by atoms with Crippen LogP contribution in [-0.2, 0) is 11.3 Å². The van der Waals surface area contributed by atoms with Crippen molar-refractivity contribution in [1.82, 2.24) is 25.0 Å². The first-order valence-electron chi connectivity index (χ1n) is 8.76. The molecule has 1 N–H and O–H groups in total. The molecule has 1 saturated carbocycles. The Morgan fingerprint density at radius 1 is 1.30 bits per heavy atom. The van der Waals surface area contributed by atoms with Gasteiger partial charge in [0.1, 0.15) is 18.4 Å². The van der Waals surface area contributed by atoms with Gasteiger partial charge in [-0.3, -0.25) is 9.59 Å². The van der Waals surface area contributed by atoms with E-state index < -0.39 is 35.7 Å². The number of carbonyl (C=O) groups excluding carboxylic acids is 2. The van der Waals surface area contributed by atoms with Crippen LogP contribution in [-0.4, -0.2) is 56.5 Å². The summed E-state index contributed by atoms with van der Waals surface area (Å²) in [6.45, 7) is 0.463. The molecule has 0 unspecified atom stereocenters. The molecule has 3 atom stereocenters. The molecule has 0 radical (unpaired) electrons. The molecule has 2 heterocycles. The summed E-state index contributed by atoms with van der Waals surface area (Å²) in [6, 6.07) is 7.68. The molecule has 142 valence electrons. The number of nitrogens with zero attached hydrogens (tertiary/aromatic N) is 4. The van der Waals surface area contributed by atoms with Crippen molar-refractivity contribution >= 4 is 11.8 Å². The molecule has 9 heteroatoms. The molecule has 2 aliphatic rings. The quantitative estimate of drug-likeness (QED) is 0.874. The van der Waals surface area contributed by atoms with E-state index in [9.17, 15) is 18.4 Å². The van der Waals surface area contributed by atoms with Crippen molar-refractivity contribution in [3.8, 4) is 0 Å². The molecular formula is C18H19F2N5O2. The number of alkyl halides is 2. The number of hydrogen-bond donors (Lipinski definition) is 1. The number of fused-ring (bicyclic) bond motifs is 1. The maximum Gasteiger partial charge on any atom is 0.291 e. The predicted molar refractivity (Wildman–Crippen MR) is 91.0 cm³/mol. The van der Waals surface area contributed by atoms with Crippen LogP contribution in [0.15, 0.2) is 36.7 Å².